The van der Waals surface area contributed by atoms with Gasteiger partial charge >= 0.3 is 0 Å². The fourth-order valence-electron chi connectivity index (χ4n) is 1.80. The van der Waals surface area contributed by atoms with Crippen molar-refractivity contribution in [3.63, 3.8) is 0 Å². The lowest BCUT2D eigenvalue weighted by Gasteiger charge is -2.12. The summed E-state index contributed by atoms with van der Waals surface area (Å²) in [6, 6.07) is 8.45. The van der Waals surface area contributed by atoms with Crippen molar-refractivity contribution in [2.24, 2.45) is 0 Å². The Hall–Kier alpha value is -2.63. The lowest BCUT2D eigenvalue weighted by Crippen LogP contribution is -2.22. The maximum atomic E-state index is 11.8. The normalized spacial score (nSPS) is 10.4. The number of aromatic nitrogens is 2. The second kappa shape index (κ2) is 6.69. The molecule has 0 radical (unpaired) electrons. The molecule has 0 unspecified atom stereocenters. The minimum atomic E-state index is -0.267. The molecular weight excluding hydrogens is 270 g/mol. The molecule has 0 fully saturated rings. The van der Waals surface area contributed by atoms with E-state index in [0.717, 1.165) is 6.29 Å². The van der Waals surface area contributed by atoms with Crippen molar-refractivity contribution in [1.82, 2.24) is 9.78 Å². The molecule has 6 nitrogen and oxygen atoms in total. The van der Waals surface area contributed by atoms with Gasteiger partial charge in [-0.25, -0.2) is 4.68 Å². The van der Waals surface area contributed by atoms with Crippen LogP contribution in [0, 0.1) is 0 Å². The fourth-order valence-corrected chi connectivity index (χ4v) is 1.80. The van der Waals surface area contributed by atoms with Crippen LogP contribution in [-0.4, -0.2) is 28.6 Å². The first kappa shape index (κ1) is 14.8. The van der Waals surface area contributed by atoms with E-state index in [2.05, 4.69) is 10.4 Å². The molecule has 2 aromatic rings. The Labute approximate surface area is 122 Å². The molecule has 1 amide bonds. The number of carbonyl (C=O) groups is 2. The number of carbonyl (C=O) groups excluding carboxylic acids is 2. The molecular formula is C15H17N3O3. The third-order valence-corrected chi connectivity index (χ3v) is 2.81. The van der Waals surface area contributed by atoms with Gasteiger partial charge in [0.25, 0.3) is 5.91 Å². The molecule has 6 heteroatoms. The number of aldehydes is 1. The highest BCUT2D eigenvalue weighted by atomic mass is 16.5. The fraction of sp³-hybridized carbons (Fsp3) is 0.267. The van der Waals surface area contributed by atoms with Gasteiger partial charge in [-0.3, -0.25) is 9.59 Å². The standard InChI is InChI=1S/C15H17N3O3/c1-11(2)18-14(7-8-16-18)17-15(20)10-21-13-5-3-12(9-19)4-6-13/h3-9,11H,10H2,1-2H3,(H,17,20). The van der Waals surface area contributed by atoms with Crippen LogP contribution in [0.15, 0.2) is 36.5 Å². The predicted molar refractivity (Wildman–Crippen MR) is 78.6 cm³/mol. The third kappa shape index (κ3) is 3.92. The Morgan fingerprint density at radius 1 is 1.33 bits per heavy atom. The quantitative estimate of drug-likeness (QED) is 0.827. The summed E-state index contributed by atoms with van der Waals surface area (Å²) in [6.07, 6.45) is 2.39. The molecule has 0 bridgehead atoms. The van der Waals surface area contributed by atoms with Crippen LogP contribution in [0.2, 0.25) is 0 Å². The highest BCUT2D eigenvalue weighted by Gasteiger charge is 2.09. The molecule has 0 spiro atoms. The van der Waals surface area contributed by atoms with Crippen molar-refractivity contribution in [2.75, 3.05) is 11.9 Å². The van der Waals surface area contributed by atoms with E-state index in [1.807, 2.05) is 13.8 Å². The lowest BCUT2D eigenvalue weighted by atomic mass is 10.2. The minimum Gasteiger partial charge on any atom is -0.484 e. The summed E-state index contributed by atoms with van der Waals surface area (Å²) in [7, 11) is 0. The summed E-state index contributed by atoms with van der Waals surface area (Å²) in [5.41, 5.74) is 0.563. The largest absolute Gasteiger partial charge is 0.484 e. The van der Waals surface area contributed by atoms with E-state index in [4.69, 9.17) is 4.74 Å². The molecule has 0 aliphatic carbocycles. The summed E-state index contributed by atoms with van der Waals surface area (Å²) in [5.74, 6) is 0.903. The molecule has 1 heterocycles. The van der Waals surface area contributed by atoms with Crippen molar-refractivity contribution in [3.8, 4) is 5.75 Å². The van der Waals surface area contributed by atoms with Gasteiger partial charge < -0.3 is 10.1 Å². The van der Waals surface area contributed by atoms with Crippen LogP contribution in [0.3, 0.4) is 0 Å². The van der Waals surface area contributed by atoms with Gasteiger partial charge in [-0.05, 0) is 38.1 Å². The summed E-state index contributed by atoms with van der Waals surface area (Å²) < 4.78 is 7.08. The highest BCUT2D eigenvalue weighted by Crippen LogP contribution is 2.14. The Bertz CT molecular complexity index is 617. The van der Waals surface area contributed by atoms with E-state index in [0.29, 0.717) is 17.1 Å². The van der Waals surface area contributed by atoms with Gasteiger partial charge in [-0.2, -0.15) is 5.10 Å². The first-order valence-corrected chi connectivity index (χ1v) is 6.61. The van der Waals surface area contributed by atoms with Crippen molar-refractivity contribution >= 4 is 18.0 Å². The smallest absolute Gasteiger partial charge is 0.263 e. The first-order chi connectivity index (χ1) is 10.1. The molecule has 2 rings (SSSR count). The molecule has 0 saturated heterocycles. The van der Waals surface area contributed by atoms with Gasteiger partial charge in [0.05, 0.1) is 6.20 Å². The average Bonchev–Trinajstić information content (AvgIpc) is 2.94. The van der Waals surface area contributed by atoms with E-state index in [9.17, 15) is 9.59 Å². The van der Waals surface area contributed by atoms with Crippen molar-refractivity contribution in [2.45, 2.75) is 19.9 Å². The number of ether oxygens (including phenoxy) is 1. The Kier molecular flexibility index (Phi) is 4.71. The van der Waals surface area contributed by atoms with E-state index in [1.54, 1.807) is 41.2 Å². The summed E-state index contributed by atoms with van der Waals surface area (Å²) in [5, 5.41) is 6.88. The zero-order valence-electron chi connectivity index (χ0n) is 11.9. The van der Waals surface area contributed by atoms with Gasteiger partial charge in [0.2, 0.25) is 0 Å². The monoisotopic (exact) mass is 287 g/mol. The highest BCUT2D eigenvalue weighted by molar-refractivity contribution is 5.91. The van der Waals surface area contributed by atoms with Crippen molar-refractivity contribution in [3.05, 3.63) is 42.1 Å². The van der Waals surface area contributed by atoms with E-state index in [1.165, 1.54) is 0 Å². The predicted octanol–water partition coefficient (Wildman–Crippen LogP) is 2.29. The van der Waals surface area contributed by atoms with Crippen molar-refractivity contribution in [1.29, 1.82) is 0 Å². The minimum absolute atomic E-state index is 0.107. The van der Waals surface area contributed by atoms with Crippen LogP contribution in [0.5, 0.6) is 5.75 Å². The summed E-state index contributed by atoms with van der Waals surface area (Å²) in [6.45, 7) is 3.85. The molecule has 0 atom stereocenters. The number of nitrogens with one attached hydrogen (secondary N) is 1. The van der Waals surface area contributed by atoms with Crippen LogP contribution < -0.4 is 10.1 Å². The van der Waals surface area contributed by atoms with Crippen molar-refractivity contribution < 1.29 is 14.3 Å². The van der Waals surface area contributed by atoms with E-state index in [-0.39, 0.29) is 18.6 Å². The van der Waals surface area contributed by atoms with Gasteiger partial charge in [0, 0.05) is 17.7 Å². The molecule has 1 aromatic carbocycles. The van der Waals surface area contributed by atoms with Crippen LogP contribution in [0.25, 0.3) is 0 Å². The second-order valence-electron chi connectivity index (χ2n) is 4.78. The molecule has 1 N–H and O–H groups in total. The number of benzene rings is 1. The molecule has 0 aliphatic rings. The number of amides is 1. The molecule has 110 valence electrons. The molecule has 21 heavy (non-hydrogen) atoms. The molecule has 1 aromatic heterocycles. The average molecular weight is 287 g/mol. The Balaban J connectivity index is 1.89. The topological polar surface area (TPSA) is 73.2 Å². The second-order valence-corrected chi connectivity index (χ2v) is 4.78. The number of rotatable bonds is 6. The summed E-state index contributed by atoms with van der Waals surface area (Å²) >= 11 is 0. The molecule has 0 saturated carbocycles. The maximum Gasteiger partial charge on any atom is 0.263 e. The van der Waals surface area contributed by atoms with Gasteiger partial charge in [0.15, 0.2) is 6.61 Å². The van der Waals surface area contributed by atoms with Crippen LogP contribution in [0.4, 0.5) is 5.82 Å². The van der Waals surface area contributed by atoms with Crippen LogP contribution in [0.1, 0.15) is 30.2 Å². The summed E-state index contributed by atoms with van der Waals surface area (Å²) in [4.78, 5) is 22.4. The maximum absolute atomic E-state index is 11.8. The van der Waals surface area contributed by atoms with E-state index >= 15 is 0 Å². The van der Waals surface area contributed by atoms with Gasteiger partial charge in [-0.1, -0.05) is 0 Å². The zero-order valence-corrected chi connectivity index (χ0v) is 11.9. The Morgan fingerprint density at radius 3 is 2.67 bits per heavy atom. The van der Waals surface area contributed by atoms with Crippen LogP contribution in [-0.2, 0) is 4.79 Å². The van der Waals surface area contributed by atoms with E-state index < -0.39 is 0 Å². The first-order valence-electron chi connectivity index (χ1n) is 6.61. The van der Waals surface area contributed by atoms with Gasteiger partial charge in [0.1, 0.15) is 17.9 Å². The third-order valence-electron chi connectivity index (χ3n) is 2.81. The number of hydrogen-bond acceptors (Lipinski definition) is 4. The SMILES string of the molecule is CC(C)n1nccc1NC(=O)COc1ccc(C=O)cc1. The van der Waals surface area contributed by atoms with Crippen LogP contribution >= 0.6 is 0 Å². The zero-order chi connectivity index (χ0) is 15.2. The number of nitrogens with zero attached hydrogens (tertiary/aromatic N) is 2. The molecule has 0 aliphatic heterocycles. The van der Waals surface area contributed by atoms with Gasteiger partial charge in [-0.15, -0.1) is 0 Å². The number of hydrogen-bond donors (Lipinski definition) is 1. The lowest BCUT2D eigenvalue weighted by molar-refractivity contribution is -0.118. The Morgan fingerprint density at radius 2 is 2.05 bits per heavy atom. The number of anilines is 1.